The second kappa shape index (κ2) is 6.98. The van der Waals surface area contributed by atoms with E-state index in [1.807, 2.05) is 50.0 Å². The summed E-state index contributed by atoms with van der Waals surface area (Å²) in [5.74, 6) is 3.89. The summed E-state index contributed by atoms with van der Waals surface area (Å²) in [6, 6.07) is 3.98. The van der Waals surface area contributed by atoms with Crippen molar-refractivity contribution in [2.45, 2.75) is 26.2 Å². The Hall–Kier alpha value is -2.96. The van der Waals surface area contributed by atoms with Crippen molar-refractivity contribution in [2.24, 2.45) is 13.0 Å². The minimum Gasteiger partial charge on any atom is -0.495 e. The molecule has 27 heavy (non-hydrogen) atoms. The highest BCUT2D eigenvalue weighted by Crippen LogP contribution is 2.47. The van der Waals surface area contributed by atoms with E-state index in [0.717, 1.165) is 34.9 Å². The predicted octanol–water partition coefficient (Wildman–Crippen LogP) is 3.08. The van der Waals surface area contributed by atoms with Gasteiger partial charge in [0.1, 0.15) is 17.4 Å². The number of pyridine rings is 1. The summed E-state index contributed by atoms with van der Waals surface area (Å²) in [7, 11) is 3.63. The molecule has 7 heteroatoms. The van der Waals surface area contributed by atoms with Gasteiger partial charge in [0.15, 0.2) is 0 Å². The molecular weight excluding hydrogens is 342 g/mol. The maximum atomic E-state index is 6.11. The highest BCUT2D eigenvalue weighted by molar-refractivity contribution is 5.64. The van der Waals surface area contributed by atoms with E-state index in [2.05, 4.69) is 19.9 Å². The Morgan fingerprint density at radius 2 is 1.96 bits per heavy atom. The fourth-order valence-corrected chi connectivity index (χ4v) is 3.20. The summed E-state index contributed by atoms with van der Waals surface area (Å²) in [5.41, 5.74) is 2.90. The average molecular weight is 365 g/mol. The van der Waals surface area contributed by atoms with Crippen LogP contribution in [0.4, 0.5) is 0 Å². The number of methoxy groups -OCH3 is 1. The van der Waals surface area contributed by atoms with Crippen LogP contribution in [-0.4, -0.2) is 38.2 Å². The number of hydrogen-bond donors (Lipinski definition) is 0. The molecule has 2 atom stereocenters. The van der Waals surface area contributed by atoms with Gasteiger partial charge in [-0.05, 0) is 32.4 Å². The third kappa shape index (κ3) is 3.49. The smallest absolute Gasteiger partial charge is 0.226 e. The summed E-state index contributed by atoms with van der Waals surface area (Å²) in [4.78, 5) is 17.7. The summed E-state index contributed by atoms with van der Waals surface area (Å²) in [5, 5.41) is 0. The highest BCUT2D eigenvalue weighted by atomic mass is 16.5. The van der Waals surface area contributed by atoms with Gasteiger partial charge in [-0.1, -0.05) is 0 Å². The summed E-state index contributed by atoms with van der Waals surface area (Å²) >= 11 is 0. The van der Waals surface area contributed by atoms with Crippen LogP contribution in [0.2, 0.25) is 0 Å². The Morgan fingerprint density at radius 1 is 1.11 bits per heavy atom. The van der Waals surface area contributed by atoms with Crippen molar-refractivity contribution in [1.82, 2.24) is 24.5 Å². The van der Waals surface area contributed by atoms with Gasteiger partial charge in [0.05, 0.1) is 37.4 Å². The van der Waals surface area contributed by atoms with E-state index in [4.69, 9.17) is 9.47 Å². The lowest BCUT2D eigenvalue weighted by molar-refractivity contribution is 0.285. The van der Waals surface area contributed by atoms with Gasteiger partial charge in [-0.25, -0.2) is 9.97 Å². The number of aromatic nitrogens is 5. The fraction of sp³-hybridized carbons (Fsp3) is 0.400. The molecule has 3 aromatic heterocycles. The topological polar surface area (TPSA) is 75.0 Å². The van der Waals surface area contributed by atoms with E-state index in [9.17, 15) is 0 Å². The van der Waals surface area contributed by atoms with Gasteiger partial charge >= 0.3 is 0 Å². The molecule has 0 saturated heterocycles. The molecule has 0 aromatic carbocycles. The molecule has 1 saturated carbocycles. The molecule has 140 valence electrons. The van der Waals surface area contributed by atoms with Crippen LogP contribution in [0.1, 0.15) is 29.7 Å². The van der Waals surface area contributed by atoms with Crippen LogP contribution < -0.4 is 9.47 Å². The van der Waals surface area contributed by atoms with Gasteiger partial charge < -0.3 is 14.0 Å². The fourth-order valence-electron chi connectivity index (χ4n) is 3.20. The largest absolute Gasteiger partial charge is 0.495 e. The molecule has 0 unspecified atom stereocenters. The predicted molar refractivity (Wildman–Crippen MR) is 101 cm³/mol. The van der Waals surface area contributed by atoms with E-state index in [1.165, 1.54) is 0 Å². The van der Waals surface area contributed by atoms with Crippen LogP contribution in [0, 0.1) is 19.8 Å². The molecule has 1 fully saturated rings. The van der Waals surface area contributed by atoms with Crippen molar-refractivity contribution in [3.8, 4) is 22.9 Å². The third-order valence-electron chi connectivity index (χ3n) is 5.10. The first-order valence-corrected chi connectivity index (χ1v) is 9.02. The lowest BCUT2D eigenvalue weighted by atomic mass is 10.2. The molecule has 0 N–H and O–H groups in total. The lowest BCUT2D eigenvalue weighted by Crippen LogP contribution is -2.06. The van der Waals surface area contributed by atoms with Gasteiger partial charge in [-0.15, -0.1) is 0 Å². The van der Waals surface area contributed by atoms with Crippen molar-refractivity contribution in [3.05, 3.63) is 48.1 Å². The van der Waals surface area contributed by atoms with Crippen LogP contribution in [0.5, 0.6) is 11.6 Å². The van der Waals surface area contributed by atoms with Gasteiger partial charge in [0.2, 0.25) is 5.88 Å². The zero-order chi connectivity index (χ0) is 19.0. The summed E-state index contributed by atoms with van der Waals surface area (Å²) in [6.07, 6.45) is 6.48. The van der Waals surface area contributed by atoms with E-state index < -0.39 is 0 Å². The van der Waals surface area contributed by atoms with Gasteiger partial charge in [-0.3, -0.25) is 4.98 Å². The van der Waals surface area contributed by atoms with Crippen LogP contribution in [-0.2, 0) is 7.05 Å². The monoisotopic (exact) mass is 365 g/mol. The molecule has 1 aliphatic rings. The molecule has 0 aliphatic heterocycles. The second-order valence-electron chi connectivity index (χ2n) is 6.92. The second-order valence-corrected chi connectivity index (χ2v) is 6.92. The number of aryl methyl sites for hydroxylation is 2. The van der Waals surface area contributed by atoms with E-state index in [1.54, 1.807) is 13.3 Å². The number of ether oxygens (including phenoxy) is 2. The standard InChI is InChI=1S/C20H23N5O2/c1-12-21-9-17(19-10-22-13(2)25(19)3)20(24-12)27-11-14-7-16(14)18-6-5-15(26-4)8-23-18/h5-6,8-10,14,16H,7,11H2,1-4H3/t14-,16+/m1/s1. The molecule has 0 spiro atoms. The van der Waals surface area contributed by atoms with Crippen LogP contribution in [0.15, 0.2) is 30.7 Å². The Kier molecular flexibility index (Phi) is 4.51. The number of hydrogen-bond acceptors (Lipinski definition) is 6. The number of imidazole rings is 1. The molecule has 1 aliphatic carbocycles. The molecule has 7 nitrogen and oxygen atoms in total. The molecule has 3 heterocycles. The number of nitrogens with zero attached hydrogens (tertiary/aromatic N) is 5. The molecule has 4 rings (SSSR count). The molecular formula is C20H23N5O2. The Labute approximate surface area is 158 Å². The van der Waals surface area contributed by atoms with Gasteiger partial charge in [-0.2, -0.15) is 4.98 Å². The summed E-state index contributed by atoms with van der Waals surface area (Å²) < 4.78 is 13.3. The Bertz CT molecular complexity index is 952. The zero-order valence-corrected chi connectivity index (χ0v) is 16.0. The number of rotatable bonds is 6. The first-order valence-electron chi connectivity index (χ1n) is 9.02. The maximum absolute atomic E-state index is 6.11. The normalized spacial score (nSPS) is 18.4. The average Bonchev–Trinajstić information content (AvgIpc) is 3.39. The van der Waals surface area contributed by atoms with Crippen molar-refractivity contribution in [3.63, 3.8) is 0 Å². The molecule has 3 aromatic rings. The van der Waals surface area contributed by atoms with Crippen molar-refractivity contribution >= 4 is 0 Å². The maximum Gasteiger partial charge on any atom is 0.226 e. The quantitative estimate of drug-likeness (QED) is 0.668. The molecule has 0 bridgehead atoms. The first kappa shape index (κ1) is 17.5. The van der Waals surface area contributed by atoms with Crippen molar-refractivity contribution in [2.75, 3.05) is 13.7 Å². The van der Waals surface area contributed by atoms with E-state index in [-0.39, 0.29) is 0 Å². The zero-order valence-electron chi connectivity index (χ0n) is 16.0. The third-order valence-corrected chi connectivity index (χ3v) is 5.10. The Morgan fingerprint density at radius 3 is 2.63 bits per heavy atom. The molecule has 0 radical (unpaired) electrons. The van der Waals surface area contributed by atoms with Crippen LogP contribution in [0.3, 0.4) is 0 Å². The lowest BCUT2D eigenvalue weighted by Gasteiger charge is -2.11. The van der Waals surface area contributed by atoms with Crippen molar-refractivity contribution < 1.29 is 9.47 Å². The molecule has 0 amide bonds. The minimum absolute atomic E-state index is 0.432. The Balaban J connectivity index is 1.47. The highest BCUT2D eigenvalue weighted by Gasteiger charge is 2.40. The summed E-state index contributed by atoms with van der Waals surface area (Å²) in [6.45, 7) is 4.45. The van der Waals surface area contributed by atoms with Gasteiger partial charge in [0, 0.05) is 30.8 Å². The van der Waals surface area contributed by atoms with Crippen LogP contribution in [0.25, 0.3) is 11.3 Å². The first-order chi connectivity index (χ1) is 13.1. The minimum atomic E-state index is 0.432. The van der Waals surface area contributed by atoms with E-state index in [0.29, 0.717) is 30.1 Å². The SMILES string of the molecule is COc1ccc([C@H]2C[C@@H]2COc2nc(C)ncc2-c2cnc(C)n2C)nc1. The van der Waals surface area contributed by atoms with Gasteiger partial charge in [0.25, 0.3) is 0 Å². The van der Waals surface area contributed by atoms with E-state index >= 15 is 0 Å². The van der Waals surface area contributed by atoms with Crippen LogP contribution >= 0.6 is 0 Å². The van der Waals surface area contributed by atoms with Crippen molar-refractivity contribution in [1.29, 1.82) is 0 Å².